The van der Waals surface area contributed by atoms with Gasteiger partial charge in [-0.05, 0) is 30.5 Å². The number of aryl methyl sites for hydroxylation is 1. The number of benzene rings is 2. The first kappa shape index (κ1) is 16.1. The summed E-state index contributed by atoms with van der Waals surface area (Å²) < 4.78 is 0. The highest BCUT2D eigenvalue weighted by atomic mass is 16.6. The maximum Gasteiger partial charge on any atom is 0.272 e. The molecule has 5 nitrogen and oxygen atoms in total. The summed E-state index contributed by atoms with van der Waals surface area (Å²) >= 11 is 0. The summed E-state index contributed by atoms with van der Waals surface area (Å²) in [6.45, 7) is 4.30. The highest BCUT2D eigenvalue weighted by Gasteiger charge is 2.14. The Bertz CT molecular complexity index is 671. The third-order valence-electron chi connectivity index (χ3n) is 3.82. The Morgan fingerprint density at radius 3 is 2.55 bits per heavy atom. The van der Waals surface area contributed by atoms with Crippen LogP contribution in [0, 0.1) is 17.0 Å². The molecule has 0 aliphatic heterocycles. The molecule has 0 aliphatic carbocycles. The average molecular weight is 300 g/mol. The number of aliphatic hydroxyl groups excluding tert-OH is 1. The van der Waals surface area contributed by atoms with E-state index in [4.69, 9.17) is 0 Å². The summed E-state index contributed by atoms with van der Waals surface area (Å²) in [6, 6.07) is 12.9. The topological polar surface area (TPSA) is 75.4 Å². The third kappa shape index (κ3) is 3.69. The second kappa shape index (κ2) is 7.15. The van der Waals surface area contributed by atoms with Crippen LogP contribution in [0.25, 0.3) is 0 Å². The molecule has 5 heteroatoms. The highest BCUT2D eigenvalue weighted by molar-refractivity contribution is 5.43. The summed E-state index contributed by atoms with van der Waals surface area (Å²) in [6.07, 6.45) is 0. The molecule has 0 heterocycles. The first-order valence-corrected chi connectivity index (χ1v) is 7.19. The van der Waals surface area contributed by atoms with Gasteiger partial charge in [0.15, 0.2) is 0 Å². The van der Waals surface area contributed by atoms with Gasteiger partial charge < -0.3 is 10.4 Å². The summed E-state index contributed by atoms with van der Waals surface area (Å²) in [5.74, 6) is 0. The first-order valence-electron chi connectivity index (χ1n) is 7.19. The summed E-state index contributed by atoms with van der Waals surface area (Å²) in [7, 11) is 0. The van der Waals surface area contributed by atoms with E-state index in [1.807, 2.05) is 37.3 Å². The molecule has 0 bridgehead atoms. The van der Waals surface area contributed by atoms with Crippen LogP contribution in [0.15, 0.2) is 42.5 Å². The molecule has 0 saturated carbocycles. The fourth-order valence-electron chi connectivity index (χ4n) is 2.36. The largest absolute Gasteiger partial charge is 0.392 e. The molecule has 2 N–H and O–H groups in total. The van der Waals surface area contributed by atoms with Crippen molar-refractivity contribution < 1.29 is 10.0 Å². The number of nitrogens with one attached hydrogen (secondary N) is 1. The summed E-state index contributed by atoms with van der Waals surface area (Å²) in [4.78, 5) is 10.7. The van der Waals surface area contributed by atoms with E-state index in [-0.39, 0.29) is 23.3 Å². The standard InChI is InChI=1S/C17H20N2O3/c1-12-7-8-14(9-17(12)19(21)22)13(2)18-10-15-5-3-4-6-16(15)11-20/h3-9,13,18,20H,10-11H2,1-2H3. The molecule has 116 valence electrons. The van der Waals surface area contributed by atoms with E-state index in [2.05, 4.69) is 5.32 Å². The van der Waals surface area contributed by atoms with Crippen molar-refractivity contribution in [2.75, 3.05) is 0 Å². The van der Waals surface area contributed by atoms with Crippen molar-refractivity contribution in [2.24, 2.45) is 0 Å². The molecule has 1 atom stereocenters. The lowest BCUT2D eigenvalue weighted by molar-refractivity contribution is -0.385. The molecule has 2 aromatic rings. The quantitative estimate of drug-likeness (QED) is 0.634. The van der Waals surface area contributed by atoms with E-state index in [9.17, 15) is 15.2 Å². The van der Waals surface area contributed by atoms with Crippen LogP contribution in [-0.2, 0) is 13.2 Å². The molecule has 1 unspecified atom stereocenters. The highest BCUT2D eigenvalue weighted by Crippen LogP contribution is 2.23. The van der Waals surface area contributed by atoms with Gasteiger partial charge in [-0.15, -0.1) is 0 Å². The fraction of sp³-hybridized carbons (Fsp3) is 0.294. The van der Waals surface area contributed by atoms with Crippen LogP contribution >= 0.6 is 0 Å². The van der Waals surface area contributed by atoms with E-state index in [1.54, 1.807) is 19.1 Å². The zero-order valence-electron chi connectivity index (χ0n) is 12.7. The fourth-order valence-corrected chi connectivity index (χ4v) is 2.36. The number of aliphatic hydroxyl groups is 1. The lowest BCUT2D eigenvalue weighted by Crippen LogP contribution is -2.19. The molecule has 0 aromatic heterocycles. The Labute approximate surface area is 129 Å². The molecular weight excluding hydrogens is 280 g/mol. The van der Waals surface area contributed by atoms with Crippen LogP contribution in [0.4, 0.5) is 5.69 Å². The zero-order valence-corrected chi connectivity index (χ0v) is 12.7. The lowest BCUT2D eigenvalue weighted by Gasteiger charge is -2.16. The van der Waals surface area contributed by atoms with Crippen LogP contribution in [0.1, 0.15) is 35.2 Å². The van der Waals surface area contributed by atoms with Crippen LogP contribution in [0.5, 0.6) is 0 Å². The molecular formula is C17H20N2O3. The smallest absolute Gasteiger partial charge is 0.272 e. The molecule has 0 amide bonds. The van der Waals surface area contributed by atoms with Crippen molar-refractivity contribution in [3.8, 4) is 0 Å². The normalized spacial score (nSPS) is 12.1. The molecule has 2 aromatic carbocycles. The molecule has 2 rings (SSSR count). The Morgan fingerprint density at radius 2 is 1.91 bits per heavy atom. The predicted molar refractivity (Wildman–Crippen MR) is 85.5 cm³/mol. The summed E-state index contributed by atoms with van der Waals surface area (Å²) in [5.41, 5.74) is 3.59. The van der Waals surface area contributed by atoms with Crippen molar-refractivity contribution in [2.45, 2.75) is 33.0 Å². The van der Waals surface area contributed by atoms with Gasteiger partial charge in [0.2, 0.25) is 0 Å². The molecule has 0 saturated heterocycles. The van der Waals surface area contributed by atoms with Gasteiger partial charge in [0.05, 0.1) is 11.5 Å². The second-order valence-electron chi connectivity index (χ2n) is 5.33. The number of hydrogen-bond acceptors (Lipinski definition) is 4. The monoisotopic (exact) mass is 300 g/mol. The number of nitro groups is 1. The average Bonchev–Trinajstić information content (AvgIpc) is 2.53. The Kier molecular flexibility index (Phi) is 5.25. The third-order valence-corrected chi connectivity index (χ3v) is 3.82. The van der Waals surface area contributed by atoms with Crippen LogP contribution in [0.2, 0.25) is 0 Å². The van der Waals surface area contributed by atoms with Crippen molar-refractivity contribution in [1.82, 2.24) is 5.32 Å². The second-order valence-corrected chi connectivity index (χ2v) is 5.33. The minimum atomic E-state index is -0.355. The molecule has 0 fully saturated rings. The van der Waals surface area contributed by atoms with Crippen LogP contribution in [0.3, 0.4) is 0 Å². The van der Waals surface area contributed by atoms with Crippen molar-refractivity contribution in [3.63, 3.8) is 0 Å². The number of nitro benzene ring substituents is 1. The van der Waals surface area contributed by atoms with Gasteiger partial charge in [0, 0.05) is 24.2 Å². The van der Waals surface area contributed by atoms with E-state index in [0.717, 1.165) is 16.7 Å². The molecule has 0 aliphatic rings. The minimum Gasteiger partial charge on any atom is -0.392 e. The minimum absolute atomic E-state index is 0.00222. The van der Waals surface area contributed by atoms with Gasteiger partial charge in [0.1, 0.15) is 0 Å². The zero-order chi connectivity index (χ0) is 16.1. The molecule has 0 radical (unpaired) electrons. The van der Waals surface area contributed by atoms with Crippen molar-refractivity contribution >= 4 is 5.69 Å². The van der Waals surface area contributed by atoms with Gasteiger partial charge in [-0.2, -0.15) is 0 Å². The molecule has 0 spiro atoms. The summed E-state index contributed by atoms with van der Waals surface area (Å²) in [5, 5.41) is 23.7. The van der Waals surface area contributed by atoms with Gasteiger partial charge in [-0.1, -0.05) is 36.4 Å². The maximum atomic E-state index is 11.0. The van der Waals surface area contributed by atoms with E-state index < -0.39 is 0 Å². The Morgan fingerprint density at radius 1 is 1.23 bits per heavy atom. The number of nitrogens with zero attached hydrogens (tertiary/aromatic N) is 1. The van der Waals surface area contributed by atoms with Gasteiger partial charge in [-0.3, -0.25) is 10.1 Å². The Balaban J connectivity index is 2.11. The SMILES string of the molecule is Cc1ccc(C(C)NCc2ccccc2CO)cc1[N+](=O)[O-]. The number of rotatable bonds is 6. The Hall–Kier alpha value is -2.24. The van der Waals surface area contributed by atoms with Crippen LogP contribution < -0.4 is 5.32 Å². The van der Waals surface area contributed by atoms with Crippen LogP contribution in [-0.4, -0.2) is 10.0 Å². The number of hydrogen-bond donors (Lipinski definition) is 2. The van der Waals surface area contributed by atoms with Crippen molar-refractivity contribution in [1.29, 1.82) is 0 Å². The molecule has 22 heavy (non-hydrogen) atoms. The van der Waals surface area contributed by atoms with Crippen molar-refractivity contribution in [3.05, 3.63) is 74.8 Å². The maximum absolute atomic E-state index is 11.0. The van der Waals surface area contributed by atoms with Gasteiger partial charge in [-0.25, -0.2) is 0 Å². The van der Waals surface area contributed by atoms with Gasteiger partial charge in [0.25, 0.3) is 5.69 Å². The van der Waals surface area contributed by atoms with Gasteiger partial charge >= 0.3 is 0 Å². The predicted octanol–water partition coefficient (Wildman–Crippen LogP) is 3.25. The van der Waals surface area contributed by atoms with E-state index in [0.29, 0.717) is 12.1 Å². The lowest BCUT2D eigenvalue weighted by atomic mass is 10.0. The van der Waals surface area contributed by atoms with E-state index >= 15 is 0 Å². The first-order chi connectivity index (χ1) is 10.5. The van der Waals surface area contributed by atoms with E-state index in [1.165, 1.54) is 0 Å².